The number of fused-ring (bicyclic) bond motifs is 1. The summed E-state index contributed by atoms with van der Waals surface area (Å²) in [7, 11) is 1.66. The number of methoxy groups -OCH3 is 1. The maximum atomic E-state index is 5.87. The summed E-state index contributed by atoms with van der Waals surface area (Å²) in [5.74, 6) is 1.70. The molecule has 0 spiro atoms. The molecule has 0 saturated carbocycles. The van der Waals surface area contributed by atoms with Crippen molar-refractivity contribution in [2.75, 3.05) is 13.7 Å². The van der Waals surface area contributed by atoms with Crippen molar-refractivity contribution in [3.8, 4) is 5.75 Å². The van der Waals surface area contributed by atoms with E-state index in [0.29, 0.717) is 0 Å². The Hall–Kier alpha value is -1.74. The summed E-state index contributed by atoms with van der Waals surface area (Å²) in [4.78, 5) is 0. The molecule has 3 heteroatoms. The third kappa shape index (κ3) is 2.57. The Bertz CT molecular complexity index is 530. The third-order valence-corrected chi connectivity index (χ3v) is 2.97. The molecule has 0 aliphatic carbocycles. The number of ether oxygens (including phenoxy) is 1. The maximum absolute atomic E-state index is 5.87. The Labute approximate surface area is 107 Å². The van der Waals surface area contributed by atoms with Crippen molar-refractivity contribution >= 4 is 11.0 Å². The molecule has 1 heterocycles. The van der Waals surface area contributed by atoms with E-state index in [9.17, 15) is 0 Å². The van der Waals surface area contributed by atoms with Gasteiger partial charge in [-0.2, -0.15) is 0 Å². The lowest BCUT2D eigenvalue weighted by Crippen LogP contribution is -2.18. The van der Waals surface area contributed by atoms with Gasteiger partial charge >= 0.3 is 0 Å². The van der Waals surface area contributed by atoms with Gasteiger partial charge in [-0.3, -0.25) is 0 Å². The fourth-order valence-corrected chi connectivity index (χ4v) is 1.93. The van der Waals surface area contributed by atoms with E-state index in [0.717, 1.165) is 35.4 Å². The molecule has 0 aliphatic rings. The van der Waals surface area contributed by atoms with E-state index >= 15 is 0 Å². The van der Waals surface area contributed by atoms with Gasteiger partial charge in [0.15, 0.2) is 11.3 Å². The maximum Gasteiger partial charge on any atom is 0.176 e. The lowest BCUT2D eigenvalue weighted by Gasteiger charge is -2.09. The molecule has 0 radical (unpaired) electrons. The van der Waals surface area contributed by atoms with Gasteiger partial charge in [0.25, 0.3) is 0 Å². The second-order valence-corrected chi connectivity index (χ2v) is 4.28. The first-order chi connectivity index (χ1) is 8.76. The molecule has 1 unspecified atom stereocenters. The number of furan rings is 1. The van der Waals surface area contributed by atoms with E-state index in [-0.39, 0.29) is 6.04 Å². The van der Waals surface area contributed by atoms with Gasteiger partial charge in [0.1, 0.15) is 5.76 Å². The van der Waals surface area contributed by atoms with E-state index in [1.807, 2.05) is 24.3 Å². The van der Waals surface area contributed by atoms with Gasteiger partial charge in [-0.15, -0.1) is 6.58 Å². The molecule has 0 aliphatic heterocycles. The molecule has 0 bridgehead atoms. The quantitative estimate of drug-likeness (QED) is 0.623. The zero-order chi connectivity index (χ0) is 13.0. The molecule has 0 amide bonds. The van der Waals surface area contributed by atoms with Crippen LogP contribution in [0, 0.1) is 0 Å². The summed E-state index contributed by atoms with van der Waals surface area (Å²) < 4.78 is 11.2. The highest BCUT2D eigenvalue weighted by Gasteiger charge is 2.13. The molecule has 18 heavy (non-hydrogen) atoms. The molecule has 1 atom stereocenters. The highest BCUT2D eigenvalue weighted by molar-refractivity contribution is 5.83. The fraction of sp³-hybridized carbons (Fsp3) is 0.333. The van der Waals surface area contributed by atoms with Gasteiger partial charge in [0.05, 0.1) is 13.2 Å². The van der Waals surface area contributed by atoms with Crippen LogP contribution in [-0.4, -0.2) is 13.7 Å². The molecule has 0 fully saturated rings. The fourth-order valence-electron chi connectivity index (χ4n) is 1.93. The van der Waals surface area contributed by atoms with Gasteiger partial charge < -0.3 is 14.5 Å². The summed E-state index contributed by atoms with van der Waals surface area (Å²) in [5, 5.41) is 4.46. The minimum absolute atomic E-state index is 0.182. The van der Waals surface area contributed by atoms with Crippen LogP contribution in [0.15, 0.2) is 41.3 Å². The first-order valence-corrected chi connectivity index (χ1v) is 6.17. The minimum Gasteiger partial charge on any atom is -0.493 e. The smallest absolute Gasteiger partial charge is 0.176 e. The van der Waals surface area contributed by atoms with Crippen LogP contribution in [0.1, 0.15) is 25.1 Å². The largest absolute Gasteiger partial charge is 0.493 e. The molecular formula is C15H19NO2. The van der Waals surface area contributed by atoms with Crippen LogP contribution in [0.25, 0.3) is 11.0 Å². The number of hydrogen-bond acceptors (Lipinski definition) is 3. The van der Waals surface area contributed by atoms with Gasteiger partial charge in [-0.05, 0) is 32.0 Å². The molecule has 3 nitrogen and oxygen atoms in total. The highest BCUT2D eigenvalue weighted by Crippen LogP contribution is 2.30. The zero-order valence-corrected chi connectivity index (χ0v) is 10.9. The molecule has 2 aromatic rings. The predicted molar refractivity (Wildman–Crippen MR) is 74.0 cm³/mol. The Morgan fingerprint density at radius 1 is 1.50 bits per heavy atom. The van der Waals surface area contributed by atoms with E-state index < -0.39 is 0 Å². The van der Waals surface area contributed by atoms with Crippen molar-refractivity contribution in [2.24, 2.45) is 0 Å². The van der Waals surface area contributed by atoms with Crippen LogP contribution >= 0.6 is 0 Å². The Balaban J connectivity index is 2.21. The van der Waals surface area contributed by atoms with Crippen molar-refractivity contribution < 1.29 is 9.15 Å². The van der Waals surface area contributed by atoms with Gasteiger partial charge in [-0.1, -0.05) is 18.2 Å². The summed E-state index contributed by atoms with van der Waals surface area (Å²) in [5.41, 5.74) is 0.812. The summed E-state index contributed by atoms with van der Waals surface area (Å²) >= 11 is 0. The van der Waals surface area contributed by atoms with Crippen molar-refractivity contribution in [3.05, 3.63) is 42.7 Å². The van der Waals surface area contributed by atoms with Crippen LogP contribution in [-0.2, 0) is 0 Å². The second-order valence-electron chi connectivity index (χ2n) is 4.28. The summed E-state index contributed by atoms with van der Waals surface area (Å²) in [6.07, 6.45) is 2.86. The lowest BCUT2D eigenvalue weighted by molar-refractivity contribution is 0.400. The van der Waals surface area contributed by atoms with Crippen LogP contribution in [0.3, 0.4) is 0 Å². The molecule has 96 valence electrons. The Morgan fingerprint density at radius 2 is 2.33 bits per heavy atom. The number of hydrogen-bond donors (Lipinski definition) is 1. The van der Waals surface area contributed by atoms with E-state index in [1.54, 1.807) is 7.11 Å². The average molecular weight is 245 g/mol. The van der Waals surface area contributed by atoms with Crippen molar-refractivity contribution in [1.29, 1.82) is 0 Å². The second kappa shape index (κ2) is 5.74. The molecule has 0 saturated heterocycles. The van der Waals surface area contributed by atoms with Crippen LogP contribution in [0.2, 0.25) is 0 Å². The molecule has 2 rings (SSSR count). The monoisotopic (exact) mass is 245 g/mol. The SMILES string of the molecule is C=CCCNC(C)c1cc2cccc(OC)c2o1. The van der Waals surface area contributed by atoms with E-state index in [2.05, 4.69) is 24.9 Å². The Kier molecular flexibility index (Phi) is 4.05. The van der Waals surface area contributed by atoms with Gasteiger partial charge in [0.2, 0.25) is 0 Å². The normalized spacial score (nSPS) is 12.6. The highest BCUT2D eigenvalue weighted by atomic mass is 16.5. The van der Waals surface area contributed by atoms with Crippen molar-refractivity contribution in [2.45, 2.75) is 19.4 Å². The number of rotatable bonds is 6. The van der Waals surface area contributed by atoms with Crippen molar-refractivity contribution in [3.63, 3.8) is 0 Å². The van der Waals surface area contributed by atoms with E-state index in [4.69, 9.17) is 9.15 Å². The predicted octanol–water partition coefficient (Wildman–Crippen LogP) is 3.67. The van der Waals surface area contributed by atoms with Crippen LogP contribution < -0.4 is 10.1 Å². The Morgan fingerprint density at radius 3 is 3.06 bits per heavy atom. The molecule has 1 aromatic heterocycles. The molecule has 1 N–H and O–H groups in total. The number of benzene rings is 1. The van der Waals surface area contributed by atoms with Crippen LogP contribution in [0.4, 0.5) is 0 Å². The van der Waals surface area contributed by atoms with Gasteiger partial charge in [-0.25, -0.2) is 0 Å². The third-order valence-electron chi connectivity index (χ3n) is 2.97. The molecular weight excluding hydrogens is 226 g/mol. The number of para-hydroxylation sites is 1. The topological polar surface area (TPSA) is 34.4 Å². The summed E-state index contributed by atoms with van der Waals surface area (Å²) in [6, 6.07) is 8.15. The van der Waals surface area contributed by atoms with Crippen LogP contribution in [0.5, 0.6) is 5.75 Å². The van der Waals surface area contributed by atoms with Crippen molar-refractivity contribution in [1.82, 2.24) is 5.32 Å². The first-order valence-electron chi connectivity index (χ1n) is 6.17. The zero-order valence-electron chi connectivity index (χ0n) is 10.9. The first kappa shape index (κ1) is 12.7. The average Bonchev–Trinajstić information content (AvgIpc) is 2.82. The minimum atomic E-state index is 0.182. The van der Waals surface area contributed by atoms with Gasteiger partial charge in [0, 0.05) is 5.39 Å². The van der Waals surface area contributed by atoms with E-state index in [1.165, 1.54) is 0 Å². The lowest BCUT2D eigenvalue weighted by atomic mass is 10.2. The summed E-state index contributed by atoms with van der Waals surface area (Å²) in [6.45, 7) is 6.70. The standard InChI is InChI=1S/C15H19NO2/c1-4-5-9-16-11(2)14-10-12-7-6-8-13(17-3)15(12)18-14/h4,6-8,10-11,16H,1,5,9H2,2-3H3. The molecule has 1 aromatic carbocycles. The number of nitrogens with one attached hydrogen (secondary N) is 1.